The summed E-state index contributed by atoms with van der Waals surface area (Å²) in [6, 6.07) is 7.33. The molecule has 0 saturated heterocycles. The van der Waals surface area contributed by atoms with Crippen LogP contribution in [0, 0.1) is 17.5 Å². The first kappa shape index (κ1) is 17.8. The third kappa shape index (κ3) is 3.62. The highest BCUT2D eigenvalue weighted by atomic mass is 32.1. The van der Waals surface area contributed by atoms with E-state index in [9.17, 15) is 18.0 Å². The van der Waals surface area contributed by atoms with Crippen molar-refractivity contribution in [2.75, 3.05) is 5.32 Å². The topological polar surface area (TPSA) is 54.0 Å². The smallest absolute Gasteiger partial charge is 0.257 e. The number of thiazole rings is 1. The van der Waals surface area contributed by atoms with Gasteiger partial charge in [-0.05, 0) is 49.6 Å². The molecule has 1 aromatic heterocycles. The van der Waals surface area contributed by atoms with Gasteiger partial charge >= 0.3 is 0 Å². The van der Waals surface area contributed by atoms with E-state index in [1.165, 1.54) is 29.5 Å². The van der Waals surface area contributed by atoms with Gasteiger partial charge in [-0.3, -0.25) is 4.79 Å². The van der Waals surface area contributed by atoms with Gasteiger partial charge in [0, 0.05) is 12.1 Å². The molecule has 4 rings (SSSR count). The van der Waals surface area contributed by atoms with E-state index in [2.05, 4.69) is 15.6 Å². The predicted molar refractivity (Wildman–Crippen MR) is 98.5 cm³/mol. The molecule has 1 aliphatic carbocycles. The fourth-order valence-corrected chi connectivity index (χ4v) is 4.33. The van der Waals surface area contributed by atoms with Crippen molar-refractivity contribution < 1.29 is 18.0 Å². The molecule has 0 aliphatic heterocycles. The van der Waals surface area contributed by atoms with Crippen LogP contribution in [-0.2, 0) is 0 Å². The lowest BCUT2D eigenvalue weighted by Crippen LogP contribution is -2.43. The summed E-state index contributed by atoms with van der Waals surface area (Å²) in [6.07, 6.45) is 2.34. The second-order valence-corrected chi connectivity index (χ2v) is 7.52. The Morgan fingerprint density at radius 2 is 1.81 bits per heavy atom. The number of nitrogens with one attached hydrogen (secondary N) is 2. The number of anilines is 1. The van der Waals surface area contributed by atoms with Crippen molar-refractivity contribution >= 4 is 32.6 Å². The zero-order valence-electron chi connectivity index (χ0n) is 14.1. The summed E-state index contributed by atoms with van der Waals surface area (Å²) in [5.74, 6) is -2.86. The van der Waals surface area contributed by atoms with Crippen LogP contribution in [0.5, 0.6) is 0 Å². The molecule has 8 heteroatoms. The molecule has 2 atom stereocenters. The molecule has 0 bridgehead atoms. The Morgan fingerprint density at radius 3 is 2.59 bits per heavy atom. The Labute approximate surface area is 157 Å². The van der Waals surface area contributed by atoms with Crippen molar-refractivity contribution in [3.63, 3.8) is 0 Å². The van der Waals surface area contributed by atoms with Crippen LogP contribution >= 0.6 is 11.3 Å². The molecule has 2 N–H and O–H groups in total. The summed E-state index contributed by atoms with van der Waals surface area (Å²) in [5.41, 5.74) is 0.120. The zero-order chi connectivity index (χ0) is 19.0. The highest BCUT2D eigenvalue weighted by molar-refractivity contribution is 7.22. The third-order valence-corrected chi connectivity index (χ3v) is 5.63. The molecule has 2 aromatic carbocycles. The quantitative estimate of drug-likeness (QED) is 0.690. The molecular formula is C19H16F3N3OS. The summed E-state index contributed by atoms with van der Waals surface area (Å²) in [6.45, 7) is 0. The van der Waals surface area contributed by atoms with Gasteiger partial charge in [-0.15, -0.1) is 0 Å². The minimum absolute atomic E-state index is 0.116. The normalized spacial score (nSPS) is 19.4. The number of nitrogens with zero attached hydrogens (tertiary/aromatic N) is 1. The number of carbonyl (C=O) groups excluding carboxylic acids is 1. The monoisotopic (exact) mass is 391 g/mol. The van der Waals surface area contributed by atoms with Gasteiger partial charge in [-0.2, -0.15) is 0 Å². The van der Waals surface area contributed by atoms with Crippen molar-refractivity contribution in [2.45, 2.75) is 31.3 Å². The number of amides is 1. The lowest BCUT2D eigenvalue weighted by atomic mass is 10.1. The lowest BCUT2D eigenvalue weighted by Gasteiger charge is -2.22. The van der Waals surface area contributed by atoms with E-state index < -0.39 is 23.1 Å². The van der Waals surface area contributed by atoms with Gasteiger partial charge in [0.2, 0.25) is 0 Å². The molecule has 27 heavy (non-hydrogen) atoms. The Morgan fingerprint density at radius 1 is 1.07 bits per heavy atom. The van der Waals surface area contributed by atoms with Crippen molar-refractivity contribution in [3.8, 4) is 0 Å². The molecule has 3 aromatic rings. The minimum atomic E-state index is -0.886. The van der Waals surface area contributed by atoms with E-state index in [1.54, 1.807) is 6.07 Å². The highest BCUT2D eigenvalue weighted by Gasteiger charge is 2.31. The van der Waals surface area contributed by atoms with Gasteiger partial charge in [-0.25, -0.2) is 18.2 Å². The van der Waals surface area contributed by atoms with E-state index in [0.29, 0.717) is 17.1 Å². The molecule has 1 heterocycles. The Bertz CT molecular complexity index is 987. The van der Waals surface area contributed by atoms with Crippen molar-refractivity contribution in [3.05, 3.63) is 59.4 Å². The van der Waals surface area contributed by atoms with Crippen molar-refractivity contribution in [1.82, 2.24) is 10.3 Å². The number of hydrogen-bond donors (Lipinski definition) is 2. The second-order valence-electron chi connectivity index (χ2n) is 6.49. The first-order chi connectivity index (χ1) is 13.0. The average molecular weight is 391 g/mol. The van der Waals surface area contributed by atoms with E-state index >= 15 is 0 Å². The summed E-state index contributed by atoms with van der Waals surface area (Å²) in [5, 5.41) is 6.62. The van der Waals surface area contributed by atoms with E-state index in [-0.39, 0.29) is 17.9 Å². The second kappa shape index (κ2) is 7.19. The molecule has 0 unspecified atom stereocenters. The van der Waals surface area contributed by atoms with Gasteiger partial charge in [0.05, 0.1) is 10.2 Å². The first-order valence-corrected chi connectivity index (χ1v) is 9.40. The van der Waals surface area contributed by atoms with E-state index in [1.807, 2.05) is 0 Å². The Balaban J connectivity index is 1.49. The minimum Gasteiger partial charge on any atom is -0.357 e. The predicted octanol–water partition coefficient (Wildman–Crippen LogP) is 4.48. The largest absolute Gasteiger partial charge is 0.357 e. The van der Waals surface area contributed by atoms with Gasteiger partial charge in [0.15, 0.2) is 5.13 Å². The summed E-state index contributed by atoms with van der Waals surface area (Å²) >= 11 is 1.33. The number of fused-ring (bicyclic) bond motifs is 1. The molecule has 1 amide bonds. The number of rotatable bonds is 4. The standard InChI is InChI=1S/C19H16F3N3OS/c20-10-7-8-15-16(9-10)27-19(25-15)24-14-6-2-5-13(14)23-18(26)17-11(21)3-1-4-12(17)22/h1,3-4,7-9,13-14H,2,5-6H2,(H,23,26)(H,24,25)/t13-,14+/m0/s1. The van der Waals surface area contributed by atoms with Crippen LogP contribution in [0.15, 0.2) is 36.4 Å². The third-order valence-electron chi connectivity index (χ3n) is 4.68. The van der Waals surface area contributed by atoms with E-state index in [4.69, 9.17) is 0 Å². The molecular weight excluding hydrogens is 375 g/mol. The van der Waals surface area contributed by atoms with Crippen LogP contribution in [0.25, 0.3) is 10.2 Å². The molecule has 0 radical (unpaired) electrons. The number of hydrogen-bond acceptors (Lipinski definition) is 4. The van der Waals surface area contributed by atoms with Crippen LogP contribution in [0.1, 0.15) is 29.6 Å². The van der Waals surface area contributed by atoms with E-state index in [0.717, 1.165) is 29.7 Å². The molecule has 1 fully saturated rings. The van der Waals surface area contributed by atoms with Crippen LogP contribution < -0.4 is 10.6 Å². The maximum Gasteiger partial charge on any atom is 0.257 e. The molecule has 140 valence electrons. The summed E-state index contributed by atoms with van der Waals surface area (Å²) in [7, 11) is 0. The average Bonchev–Trinajstić information content (AvgIpc) is 3.21. The molecule has 0 spiro atoms. The maximum atomic E-state index is 13.8. The van der Waals surface area contributed by atoms with Crippen LogP contribution in [0.2, 0.25) is 0 Å². The SMILES string of the molecule is O=C(N[C@H]1CCC[C@H]1Nc1nc2ccc(F)cc2s1)c1c(F)cccc1F. The summed E-state index contributed by atoms with van der Waals surface area (Å²) < 4.78 is 41.7. The van der Waals surface area contributed by atoms with Gasteiger partial charge in [-0.1, -0.05) is 17.4 Å². The number of benzene rings is 2. The Hall–Kier alpha value is -2.61. The van der Waals surface area contributed by atoms with Crippen molar-refractivity contribution in [1.29, 1.82) is 0 Å². The van der Waals surface area contributed by atoms with Gasteiger partial charge < -0.3 is 10.6 Å². The molecule has 4 nitrogen and oxygen atoms in total. The zero-order valence-corrected chi connectivity index (χ0v) is 15.0. The number of carbonyl (C=O) groups is 1. The molecule has 1 saturated carbocycles. The van der Waals surface area contributed by atoms with Crippen LogP contribution in [0.3, 0.4) is 0 Å². The van der Waals surface area contributed by atoms with Crippen LogP contribution in [0.4, 0.5) is 18.3 Å². The fourth-order valence-electron chi connectivity index (χ4n) is 3.38. The van der Waals surface area contributed by atoms with Gasteiger partial charge in [0.25, 0.3) is 5.91 Å². The first-order valence-electron chi connectivity index (χ1n) is 8.59. The Kier molecular flexibility index (Phi) is 4.73. The van der Waals surface area contributed by atoms with Crippen LogP contribution in [-0.4, -0.2) is 23.0 Å². The number of halogens is 3. The highest BCUT2D eigenvalue weighted by Crippen LogP contribution is 2.30. The fraction of sp³-hybridized carbons (Fsp3) is 0.263. The van der Waals surface area contributed by atoms with Crippen molar-refractivity contribution in [2.24, 2.45) is 0 Å². The maximum absolute atomic E-state index is 13.8. The lowest BCUT2D eigenvalue weighted by molar-refractivity contribution is 0.0927. The molecule has 1 aliphatic rings. The summed E-state index contributed by atoms with van der Waals surface area (Å²) in [4.78, 5) is 16.8. The number of aromatic nitrogens is 1. The van der Waals surface area contributed by atoms with Gasteiger partial charge in [0.1, 0.15) is 23.0 Å².